The van der Waals surface area contributed by atoms with Crippen LogP contribution in [0.3, 0.4) is 0 Å². The molecule has 13 heavy (non-hydrogen) atoms. The molecule has 0 aromatic heterocycles. The van der Waals surface area contributed by atoms with Crippen LogP contribution in [0.1, 0.15) is 32.1 Å². The van der Waals surface area contributed by atoms with Crippen molar-refractivity contribution >= 4 is 0 Å². The summed E-state index contributed by atoms with van der Waals surface area (Å²) >= 11 is 0. The second kappa shape index (κ2) is 3.95. The standard InChI is InChI=1S/C10H20N2O/c11-8-1-3-9(4-2-8)12-6-5-10(13)7-12/h8-10,13H,1-7,11H2/t8?,9?,10-/m1/s1. The highest BCUT2D eigenvalue weighted by atomic mass is 16.3. The number of aliphatic hydroxyl groups is 1. The van der Waals surface area contributed by atoms with Crippen LogP contribution in [-0.4, -0.2) is 41.3 Å². The van der Waals surface area contributed by atoms with E-state index < -0.39 is 0 Å². The Morgan fingerprint density at radius 2 is 1.77 bits per heavy atom. The largest absolute Gasteiger partial charge is 0.392 e. The minimum Gasteiger partial charge on any atom is -0.392 e. The zero-order valence-corrected chi connectivity index (χ0v) is 8.15. The van der Waals surface area contributed by atoms with E-state index in [1.165, 1.54) is 12.8 Å². The molecule has 0 aromatic rings. The fraction of sp³-hybridized carbons (Fsp3) is 1.00. The summed E-state index contributed by atoms with van der Waals surface area (Å²) < 4.78 is 0. The van der Waals surface area contributed by atoms with Crippen LogP contribution in [0.2, 0.25) is 0 Å². The van der Waals surface area contributed by atoms with Crippen molar-refractivity contribution in [2.24, 2.45) is 5.73 Å². The van der Waals surface area contributed by atoms with Gasteiger partial charge in [0.05, 0.1) is 6.10 Å². The number of aliphatic hydroxyl groups excluding tert-OH is 1. The summed E-state index contributed by atoms with van der Waals surface area (Å²) in [5.41, 5.74) is 5.86. The summed E-state index contributed by atoms with van der Waals surface area (Å²) in [6.45, 7) is 1.97. The number of nitrogens with two attached hydrogens (primary N) is 1. The first kappa shape index (κ1) is 9.44. The third kappa shape index (κ3) is 2.22. The molecule has 2 fully saturated rings. The monoisotopic (exact) mass is 184 g/mol. The third-order valence-electron chi connectivity index (χ3n) is 3.45. The number of rotatable bonds is 1. The minimum absolute atomic E-state index is 0.0735. The topological polar surface area (TPSA) is 49.5 Å². The van der Waals surface area contributed by atoms with Crippen molar-refractivity contribution in [1.82, 2.24) is 4.90 Å². The van der Waals surface area contributed by atoms with Crippen molar-refractivity contribution in [3.63, 3.8) is 0 Å². The predicted octanol–water partition coefficient (Wildman–Crippen LogP) is 0.323. The number of nitrogens with zero attached hydrogens (tertiary/aromatic N) is 1. The molecule has 0 aromatic carbocycles. The maximum absolute atomic E-state index is 9.42. The fourth-order valence-corrected chi connectivity index (χ4v) is 2.57. The average molecular weight is 184 g/mol. The normalized spacial score (nSPS) is 42.5. The molecule has 2 rings (SSSR count). The van der Waals surface area contributed by atoms with E-state index in [0.29, 0.717) is 12.1 Å². The van der Waals surface area contributed by atoms with Crippen molar-refractivity contribution in [3.8, 4) is 0 Å². The maximum atomic E-state index is 9.42. The molecule has 0 unspecified atom stereocenters. The second-order valence-corrected chi connectivity index (χ2v) is 4.51. The van der Waals surface area contributed by atoms with Crippen LogP contribution >= 0.6 is 0 Å². The van der Waals surface area contributed by atoms with Gasteiger partial charge < -0.3 is 10.8 Å². The highest BCUT2D eigenvalue weighted by Gasteiger charge is 2.29. The van der Waals surface area contributed by atoms with Crippen LogP contribution in [0, 0.1) is 0 Å². The van der Waals surface area contributed by atoms with E-state index in [-0.39, 0.29) is 6.10 Å². The summed E-state index contributed by atoms with van der Waals surface area (Å²) in [5.74, 6) is 0. The molecule has 1 atom stereocenters. The Morgan fingerprint density at radius 3 is 2.31 bits per heavy atom. The first-order valence-corrected chi connectivity index (χ1v) is 5.43. The molecular formula is C10H20N2O. The maximum Gasteiger partial charge on any atom is 0.0679 e. The van der Waals surface area contributed by atoms with Crippen LogP contribution in [0.5, 0.6) is 0 Å². The summed E-state index contributed by atoms with van der Waals surface area (Å²) in [6.07, 6.45) is 5.68. The van der Waals surface area contributed by atoms with Gasteiger partial charge in [-0.15, -0.1) is 0 Å². The number of β-amino-alcohol motifs (C(OH)–C–C–N with tert-alkyl or cyclic N) is 1. The van der Waals surface area contributed by atoms with Crippen LogP contribution in [0.15, 0.2) is 0 Å². The van der Waals surface area contributed by atoms with Gasteiger partial charge in [-0.3, -0.25) is 4.90 Å². The van der Waals surface area contributed by atoms with E-state index in [9.17, 15) is 5.11 Å². The second-order valence-electron chi connectivity index (χ2n) is 4.51. The molecule has 1 aliphatic heterocycles. The average Bonchev–Trinajstić information content (AvgIpc) is 2.53. The van der Waals surface area contributed by atoms with Gasteiger partial charge in [0, 0.05) is 25.2 Å². The van der Waals surface area contributed by atoms with Crippen molar-refractivity contribution in [2.45, 2.75) is 50.3 Å². The Bertz CT molecular complexity index is 166. The lowest BCUT2D eigenvalue weighted by Gasteiger charge is -2.33. The lowest BCUT2D eigenvalue weighted by Crippen LogP contribution is -2.39. The van der Waals surface area contributed by atoms with Crippen molar-refractivity contribution in [2.75, 3.05) is 13.1 Å². The van der Waals surface area contributed by atoms with E-state index in [1.54, 1.807) is 0 Å². The zero-order chi connectivity index (χ0) is 9.26. The quantitative estimate of drug-likeness (QED) is 0.617. The lowest BCUT2D eigenvalue weighted by molar-refractivity contribution is 0.139. The van der Waals surface area contributed by atoms with Crippen molar-refractivity contribution in [1.29, 1.82) is 0 Å². The highest BCUT2D eigenvalue weighted by molar-refractivity contribution is 4.85. The lowest BCUT2D eigenvalue weighted by atomic mass is 9.91. The van der Waals surface area contributed by atoms with Gasteiger partial charge in [0.1, 0.15) is 0 Å². The van der Waals surface area contributed by atoms with Gasteiger partial charge in [-0.25, -0.2) is 0 Å². The number of hydrogen-bond acceptors (Lipinski definition) is 3. The molecule has 0 spiro atoms. The van der Waals surface area contributed by atoms with Crippen LogP contribution in [0.4, 0.5) is 0 Å². The highest BCUT2D eigenvalue weighted by Crippen LogP contribution is 2.25. The number of hydrogen-bond donors (Lipinski definition) is 2. The Morgan fingerprint density at radius 1 is 1.08 bits per heavy atom. The van der Waals surface area contributed by atoms with Crippen molar-refractivity contribution < 1.29 is 5.11 Å². The Labute approximate surface area is 79.9 Å². The SMILES string of the molecule is NC1CCC(N2CC[C@@H](O)C2)CC1. The first-order valence-electron chi connectivity index (χ1n) is 5.43. The molecule has 1 aliphatic carbocycles. The molecule has 2 aliphatic rings. The fourth-order valence-electron chi connectivity index (χ4n) is 2.57. The van der Waals surface area contributed by atoms with E-state index in [0.717, 1.165) is 32.4 Å². The summed E-state index contributed by atoms with van der Waals surface area (Å²) in [7, 11) is 0. The molecule has 1 saturated heterocycles. The minimum atomic E-state index is -0.0735. The predicted molar refractivity (Wildman–Crippen MR) is 52.4 cm³/mol. The van der Waals surface area contributed by atoms with Gasteiger partial charge in [-0.1, -0.05) is 0 Å². The first-order chi connectivity index (χ1) is 6.25. The molecule has 76 valence electrons. The zero-order valence-electron chi connectivity index (χ0n) is 8.15. The summed E-state index contributed by atoms with van der Waals surface area (Å²) in [4.78, 5) is 2.44. The smallest absolute Gasteiger partial charge is 0.0679 e. The van der Waals surface area contributed by atoms with Gasteiger partial charge in [0.15, 0.2) is 0 Å². The van der Waals surface area contributed by atoms with Gasteiger partial charge in [0.25, 0.3) is 0 Å². The summed E-state index contributed by atoms with van der Waals surface area (Å²) in [6, 6.07) is 1.14. The number of likely N-dealkylation sites (tertiary alicyclic amines) is 1. The van der Waals surface area contributed by atoms with E-state index in [1.807, 2.05) is 0 Å². The summed E-state index contributed by atoms with van der Waals surface area (Å²) in [5, 5.41) is 9.42. The third-order valence-corrected chi connectivity index (χ3v) is 3.45. The van der Waals surface area contributed by atoms with Gasteiger partial charge >= 0.3 is 0 Å². The molecule has 0 bridgehead atoms. The van der Waals surface area contributed by atoms with E-state index in [2.05, 4.69) is 4.90 Å². The van der Waals surface area contributed by atoms with Gasteiger partial charge in [-0.2, -0.15) is 0 Å². The van der Waals surface area contributed by atoms with Crippen LogP contribution < -0.4 is 5.73 Å². The van der Waals surface area contributed by atoms with E-state index in [4.69, 9.17) is 5.73 Å². The Balaban J connectivity index is 1.81. The Kier molecular flexibility index (Phi) is 2.86. The molecule has 0 amide bonds. The van der Waals surface area contributed by atoms with Crippen LogP contribution in [0.25, 0.3) is 0 Å². The van der Waals surface area contributed by atoms with Gasteiger partial charge in [-0.05, 0) is 32.1 Å². The molecule has 3 heteroatoms. The molecule has 3 nitrogen and oxygen atoms in total. The Hall–Kier alpha value is -0.120. The van der Waals surface area contributed by atoms with Crippen LogP contribution in [-0.2, 0) is 0 Å². The molecule has 1 saturated carbocycles. The molecule has 1 heterocycles. The van der Waals surface area contributed by atoms with Crippen molar-refractivity contribution in [3.05, 3.63) is 0 Å². The van der Waals surface area contributed by atoms with Gasteiger partial charge in [0.2, 0.25) is 0 Å². The molecule has 3 N–H and O–H groups in total. The molecular weight excluding hydrogens is 164 g/mol. The molecule has 0 radical (unpaired) electrons. The van der Waals surface area contributed by atoms with E-state index >= 15 is 0 Å².